The van der Waals surface area contributed by atoms with E-state index in [0.29, 0.717) is 0 Å². The lowest BCUT2D eigenvalue weighted by atomic mass is 10.1. The summed E-state index contributed by atoms with van der Waals surface area (Å²) < 4.78 is 2.09. The number of aromatic nitrogens is 2. The van der Waals surface area contributed by atoms with Gasteiger partial charge in [-0.2, -0.15) is 5.10 Å². The second-order valence-electron chi connectivity index (χ2n) is 4.99. The van der Waals surface area contributed by atoms with Crippen molar-refractivity contribution in [2.24, 2.45) is 0 Å². The Kier molecular flexibility index (Phi) is 5.16. The van der Waals surface area contributed by atoms with Gasteiger partial charge < -0.3 is 5.32 Å². The van der Waals surface area contributed by atoms with Crippen LogP contribution in [0.2, 0.25) is 0 Å². The third-order valence-corrected chi connectivity index (χ3v) is 3.26. The largest absolute Gasteiger partial charge is 0.316 e. The average molecular weight is 257 g/mol. The lowest BCUT2D eigenvalue weighted by Gasteiger charge is -2.06. The molecule has 0 fully saturated rings. The number of hydrogen-bond donors (Lipinski definition) is 1. The summed E-state index contributed by atoms with van der Waals surface area (Å²) in [5.41, 5.74) is 3.75. The molecule has 0 aliphatic rings. The van der Waals surface area contributed by atoms with Crippen LogP contribution in [0.3, 0.4) is 0 Å². The molecule has 1 aromatic heterocycles. The van der Waals surface area contributed by atoms with E-state index in [4.69, 9.17) is 0 Å². The Morgan fingerprint density at radius 1 is 1.11 bits per heavy atom. The average Bonchev–Trinajstić information content (AvgIpc) is 2.73. The van der Waals surface area contributed by atoms with Gasteiger partial charge in [0.15, 0.2) is 0 Å². The lowest BCUT2D eigenvalue weighted by Crippen LogP contribution is -2.20. The third-order valence-electron chi connectivity index (χ3n) is 3.26. The smallest absolute Gasteiger partial charge is 0.0596 e. The van der Waals surface area contributed by atoms with Gasteiger partial charge in [-0.3, -0.25) is 4.68 Å². The van der Waals surface area contributed by atoms with Crippen LogP contribution < -0.4 is 5.32 Å². The van der Waals surface area contributed by atoms with E-state index in [0.717, 1.165) is 38.2 Å². The van der Waals surface area contributed by atoms with E-state index in [-0.39, 0.29) is 0 Å². The second-order valence-corrected chi connectivity index (χ2v) is 4.99. The number of hydrogen-bond acceptors (Lipinski definition) is 2. The van der Waals surface area contributed by atoms with Gasteiger partial charge in [0, 0.05) is 12.2 Å². The van der Waals surface area contributed by atoms with Crippen LogP contribution >= 0.6 is 0 Å². The molecule has 102 valence electrons. The Balaban J connectivity index is 1.59. The normalized spacial score (nSPS) is 10.8. The number of nitrogens with one attached hydrogen (secondary N) is 1. The maximum atomic E-state index is 4.46. The Bertz CT molecular complexity index is 488. The van der Waals surface area contributed by atoms with Crippen LogP contribution in [-0.4, -0.2) is 22.9 Å². The van der Waals surface area contributed by atoms with Crippen LogP contribution in [0.15, 0.2) is 36.4 Å². The minimum Gasteiger partial charge on any atom is -0.316 e. The van der Waals surface area contributed by atoms with E-state index in [1.807, 2.05) is 6.92 Å². The molecule has 0 bridgehead atoms. The molecule has 3 heteroatoms. The van der Waals surface area contributed by atoms with Crippen molar-refractivity contribution in [1.82, 2.24) is 15.1 Å². The summed E-state index contributed by atoms with van der Waals surface area (Å²) in [6.07, 6.45) is 2.22. The molecule has 0 saturated carbocycles. The van der Waals surface area contributed by atoms with Crippen LogP contribution in [0.1, 0.15) is 23.4 Å². The Hall–Kier alpha value is -1.61. The van der Waals surface area contributed by atoms with Gasteiger partial charge >= 0.3 is 0 Å². The summed E-state index contributed by atoms with van der Waals surface area (Å²) in [5.74, 6) is 0. The predicted molar refractivity (Wildman–Crippen MR) is 79.3 cm³/mol. The fraction of sp³-hybridized carbons (Fsp3) is 0.438. The summed E-state index contributed by atoms with van der Waals surface area (Å²) in [6, 6.07) is 12.7. The van der Waals surface area contributed by atoms with E-state index < -0.39 is 0 Å². The number of aryl methyl sites for hydroxylation is 3. The molecule has 0 saturated heterocycles. The van der Waals surface area contributed by atoms with Crippen molar-refractivity contribution in [2.75, 3.05) is 13.1 Å². The zero-order valence-electron chi connectivity index (χ0n) is 11.9. The number of rotatable bonds is 7. The molecule has 0 aliphatic heterocycles. The molecule has 0 unspecified atom stereocenters. The van der Waals surface area contributed by atoms with E-state index in [1.165, 1.54) is 11.3 Å². The van der Waals surface area contributed by atoms with Gasteiger partial charge in [0.05, 0.1) is 5.69 Å². The Labute approximate surface area is 115 Å². The maximum absolute atomic E-state index is 4.46. The maximum Gasteiger partial charge on any atom is 0.0596 e. The topological polar surface area (TPSA) is 29.9 Å². The molecule has 1 aromatic carbocycles. The molecular weight excluding hydrogens is 234 g/mol. The quantitative estimate of drug-likeness (QED) is 0.773. The van der Waals surface area contributed by atoms with Gasteiger partial charge in [0.25, 0.3) is 0 Å². The second kappa shape index (κ2) is 7.10. The highest BCUT2D eigenvalue weighted by Gasteiger charge is 1.99. The molecule has 0 atom stereocenters. The first-order valence-electron chi connectivity index (χ1n) is 7.01. The van der Waals surface area contributed by atoms with Gasteiger partial charge in [-0.1, -0.05) is 30.3 Å². The van der Waals surface area contributed by atoms with Crippen molar-refractivity contribution in [1.29, 1.82) is 0 Å². The molecular formula is C16H23N3. The molecule has 3 nitrogen and oxygen atoms in total. The van der Waals surface area contributed by atoms with Crippen LogP contribution in [0.5, 0.6) is 0 Å². The summed E-state index contributed by atoms with van der Waals surface area (Å²) in [4.78, 5) is 0. The molecule has 1 N–H and O–H groups in total. The zero-order valence-corrected chi connectivity index (χ0v) is 11.9. The fourth-order valence-electron chi connectivity index (χ4n) is 2.26. The standard InChI is InChI=1S/C16H23N3/c1-14-13-15(2)19(18-14)12-6-10-17-11-9-16-7-4-3-5-8-16/h3-5,7-8,13,17H,6,9-12H2,1-2H3. The molecule has 2 aromatic rings. The van der Waals surface area contributed by atoms with Crippen LogP contribution in [0, 0.1) is 13.8 Å². The highest BCUT2D eigenvalue weighted by Crippen LogP contribution is 2.02. The highest BCUT2D eigenvalue weighted by molar-refractivity contribution is 5.14. The molecule has 19 heavy (non-hydrogen) atoms. The summed E-state index contributed by atoms with van der Waals surface area (Å²) in [6.45, 7) is 7.24. The SMILES string of the molecule is Cc1cc(C)n(CCCNCCc2ccccc2)n1. The van der Waals surface area contributed by atoms with Gasteiger partial charge in [0.1, 0.15) is 0 Å². The first-order chi connectivity index (χ1) is 9.25. The Morgan fingerprint density at radius 3 is 2.58 bits per heavy atom. The first kappa shape index (κ1) is 13.8. The minimum absolute atomic E-state index is 0.998. The fourth-order valence-corrected chi connectivity index (χ4v) is 2.26. The van der Waals surface area contributed by atoms with E-state index in [2.05, 4.69) is 58.4 Å². The Morgan fingerprint density at radius 2 is 1.89 bits per heavy atom. The van der Waals surface area contributed by atoms with Crippen molar-refractivity contribution in [3.8, 4) is 0 Å². The van der Waals surface area contributed by atoms with Crippen LogP contribution in [0.4, 0.5) is 0 Å². The monoisotopic (exact) mass is 257 g/mol. The van der Waals surface area contributed by atoms with Crippen molar-refractivity contribution in [3.05, 3.63) is 53.3 Å². The summed E-state index contributed by atoms with van der Waals surface area (Å²) in [7, 11) is 0. The van der Waals surface area contributed by atoms with Gasteiger partial charge in [0.2, 0.25) is 0 Å². The van der Waals surface area contributed by atoms with Crippen molar-refractivity contribution in [2.45, 2.75) is 33.2 Å². The summed E-state index contributed by atoms with van der Waals surface area (Å²) >= 11 is 0. The van der Waals surface area contributed by atoms with Gasteiger partial charge in [-0.05, 0) is 51.4 Å². The van der Waals surface area contributed by atoms with E-state index in [1.54, 1.807) is 0 Å². The van der Waals surface area contributed by atoms with Crippen molar-refractivity contribution < 1.29 is 0 Å². The number of benzene rings is 1. The van der Waals surface area contributed by atoms with E-state index >= 15 is 0 Å². The van der Waals surface area contributed by atoms with Crippen molar-refractivity contribution in [3.63, 3.8) is 0 Å². The molecule has 0 radical (unpaired) electrons. The predicted octanol–water partition coefficient (Wildman–Crippen LogP) is 2.72. The summed E-state index contributed by atoms with van der Waals surface area (Å²) in [5, 5.41) is 7.95. The lowest BCUT2D eigenvalue weighted by molar-refractivity contribution is 0.533. The van der Waals surface area contributed by atoms with Crippen LogP contribution in [0.25, 0.3) is 0 Å². The minimum atomic E-state index is 0.998. The number of nitrogens with zero attached hydrogens (tertiary/aromatic N) is 2. The third kappa shape index (κ3) is 4.52. The van der Waals surface area contributed by atoms with Crippen molar-refractivity contribution >= 4 is 0 Å². The van der Waals surface area contributed by atoms with E-state index in [9.17, 15) is 0 Å². The zero-order chi connectivity index (χ0) is 13.5. The molecule has 0 amide bonds. The van der Waals surface area contributed by atoms with Gasteiger partial charge in [-0.15, -0.1) is 0 Å². The van der Waals surface area contributed by atoms with Gasteiger partial charge in [-0.25, -0.2) is 0 Å². The molecule has 0 aliphatic carbocycles. The molecule has 1 heterocycles. The van der Waals surface area contributed by atoms with Crippen LogP contribution in [-0.2, 0) is 13.0 Å². The molecule has 2 rings (SSSR count). The molecule has 0 spiro atoms. The first-order valence-corrected chi connectivity index (χ1v) is 7.01. The highest BCUT2D eigenvalue weighted by atomic mass is 15.3.